The molecule has 466 valence electrons. The van der Waals surface area contributed by atoms with Crippen LogP contribution in [0.2, 0.25) is 0 Å². The molecule has 2 fully saturated rings. The number of rotatable bonds is 20. The van der Waals surface area contributed by atoms with Crippen molar-refractivity contribution < 1.29 is 47.8 Å². The fraction of sp³-hybridized carbons (Fsp3) is 0.388. The Kier molecular flexibility index (Phi) is 18.4. The van der Waals surface area contributed by atoms with Crippen molar-refractivity contribution in [2.24, 2.45) is 19.1 Å². The van der Waals surface area contributed by atoms with Crippen molar-refractivity contribution in [1.29, 1.82) is 0 Å². The lowest BCUT2D eigenvalue weighted by Crippen LogP contribution is -2.43. The fourth-order valence-corrected chi connectivity index (χ4v) is 12.1. The first kappa shape index (κ1) is 61.7. The second-order valence-electron chi connectivity index (χ2n) is 23.7. The van der Waals surface area contributed by atoms with Crippen molar-refractivity contribution in [2.75, 3.05) is 36.9 Å². The first-order valence-electron chi connectivity index (χ1n) is 30.7. The van der Waals surface area contributed by atoms with E-state index in [2.05, 4.69) is 50.4 Å². The van der Waals surface area contributed by atoms with Crippen LogP contribution in [0.5, 0.6) is 11.5 Å². The third kappa shape index (κ3) is 14.0. The largest absolute Gasteiger partial charge is 0.493 e. The molecule has 4 aliphatic rings. The Morgan fingerprint density at radius 1 is 0.600 bits per heavy atom. The van der Waals surface area contributed by atoms with Crippen LogP contribution in [0, 0.1) is 13.8 Å². The molecule has 8 heterocycles. The van der Waals surface area contributed by atoms with E-state index in [1.54, 1.807) is 78.1 Å². The maximum atomic E-state index is 13.2. The number of aryl methyl sites for hydroxylation is 5. The molecule has 4 N–H and O–H groups in total. The van der Waals surface area contributed by atoms with Gasteiger partial charge in [0.25, 0.3) is 11.8 Å². The third-order valence-electron chi connectivity index (χ3n) is 16.9. The number of ketones is 4. The molecule has 4 aromatic carbocycles. The van der Waals surface area contributed by atoms with Gasteiger partial charge >= 0.3 is 0 Å². The lowest BCUT2D eigenvalue weighted by molar-refractivity contribution is -0.117. The molecule has 0 bridgehead atoms. The van der Waals surface area contributed by atoms with Crippen LogP contribution in [0.3, 0.4) is 0 Å². The zero-order valence-corrected chi connectivity index (χ0v) is 51.5. The molecule has 12 rings (SSSR count). The quantitative estimate of drug-likeness (QED) is 0.0408. The van der Waals surface area contributed by atoms with Crippen LogP contribution in [-0.4, -0.2) is 140 Å². The smallest absolute Gasteiger partial charge is 0.256 e. The lowest BCUT2D eigenvalue weighted by Gasteiger charge is -2.34. The molecule has 23 nitrogen and oxygen atoms in total. The highest BCUT2D eigenvalue weighted by molar-refractivity contribution is 6.04. The van der Waals surface area contributed by atoms with Gasteiger partial charge in [-0.25, -0.2) is 19.9 Å². The zero-order valence-electron chi connectivity index (χ0n) is 51.5. The zero-order chi connectivity index (χ0) is 63.3. The number of nitrogens with one attached hydrogen (secondary N) is 4. The van der Waals surface area contributed by atoms with Crippen LogP contribution in [0.4, 0.5) is 17.3 Å². The minimum atomic E-state index is -0.243. The van der Waals surface area contributed by atoms with Crippen LogP contribution in [-0.2, 0) is 42.9 Å². The van der Waals surface area contributed by atoms with Gasteiger partial charge in [0.1, 0.15) is 11.5 Å². The summed E-state index contributed by atoms with van der Waals surface area (Å²) in [6.45, 7) is 8.99. The molecule has 0 spiro atoms. The number of hydrogen-bond donors (Lipinski definition) is 4. The van der Waals surface area contributed by atoms with Crippen molar-refractivity contribution in [2.45, 2.75) is 130 Å². The molecule has 90 heavy (non-hydrogen) atoms. The first-order chi connectivity index (χ1) is 43.3. The number of amides is 4. The predicted octanol–water partition coefficient (Wildman–Crippen LogP) is 9.71. The Labute approximate surface area is 519 Å². The number of aromatic amines is 2. The first-order valence-corrected chi connectivity index (χ1v) is 30.7. The summed E-state index contributed by atoms with van der Waals surface area (Å²) in [5, 5.41) is 5.54. The minimum Gasteiger partial charge on any atom is -0.493 e. The summed E-state index contributed by atoms with van der Waals surface area (Å²) in [4.78, 5) is 133. The Hall–Kier alpha value is -9.93. The highest BCUT2D eigenvalue weighted by atomic mass is 16.5. The van der Waals surface area contributed by atoms with Gasteiger partial charge in [0.05, 0.1) is 52.6 Å². The van der Waals surface area contributed by atoms with Crippen LogP contribution < -0.4 is 20.1 Å². The van der Waals surface area contributed by atoms with Gasteiger partial charge in [-0.05, 0) is 148 Å². The Bertz CT molecular complexity index is 4180. The van der Waals surface area contributed by atoms with Gasteiger partial charge in [-0.2, -0.15) is 0 Å². The predicted molar refractivity (Wildman–Crippen MR) is 338 cm³/mol. The van der Waals surface area contributed by atoms with Crippen molar-refractivity contribution in [3.8, 4) is 11.5 Å². The topological polar surface area (TPSA) is 291 Å². The number of anilines is 2. The van der Waals surface area contributed by atoms with Gasteiger partial charge in [-0.1, -0.05) is 12.1 Å². The maximum absolute atomic E-state index is 13.2. The van der Waals surface area contributed by atoms with Crippen LogP contribution >= 0.6 is 0 Å². The third-order valence-corrected chi connectivity index (χ3v) is 16.9. The van der Waals surface area contributed by atoms with E-state index >= 15 is 0 Å². The summed E-state index contributed by atoms with van der Waals surface area (Å²) in [6, 6.07) is 18.7. The summed E-state index contributed by atoms with van der Waals surface area (Å²) in [6.07, 6.45) is 14.9. The highest BCUT2D eigenvalue weighted by Crippen LogP contribution is 2.35. The van der Waals surface area contributed by atoms with E-state index < -0.39 is 0 Å². The number of benzene rings is 4. The number of H-pyrrole nitrogens is 2. The minimum absolute atomic E-state index is 0.0118. The number of hydrogen-bond acceptors (Lipinski definition) is 15. The molecule has 0 aliphatic carbocycles. The molecule has 0 unspecified atom stereocenters. The van der Waals surface area contributed by atoms with E-state index in [0.29, 0.717) is 82.8 Å². The number of aromatic nitrogens is 8. The van der Waals surface area contributed by atoms with E-state index in [9.17, 15) is 38.4 Å². The summed E-state index contributed by atoms with van der Waals surface area (Å²) in [5.41, 5.74) is 8.96. The van der Waals surface area contributed by atoms with Gasteiger partial charge < -0.3 is 49.0 Å². The van der Waals surface area contributed by atoms with Gasteiger partial charge in [0.2, 0.25) is 23.4 Å². The fourth-order valence-electron chi connectivity index (χ4n) is 12.1. The van der Waals surface area contributed by atoms with Crippen molar-refractivity contribution >= 4 is 92.4 Å². The van der Waals surface area contributed by atoms with Crippen LogP contribution in [0.25, 0.3) is 22.1 Å². The number of ether oxygens (including phenoxy) is 2. The molecular formula is C67H73N13O10. The molecule has 4 aromatic heterocycles. The van der Waals surface area contributed by atoms with Gasteiger partial charge in [0.15, 0.2) is 46.5 Å². The molecule has 0 radical (unpaired) electrons. The van der Waals surface area contributed by atoms with Gasteiger partial charge in [0, 0.05) is 103 Å². The molecule has 4 aliphatic heterocycles. The summed E-state index contributed by atoms with van der Waals surface area (Å²) in [7, 11) is 3.41. The average molecular weight is 1220 g/mol. The number of imidazole rings is 4. The van der Waals surface area contributed by atoms with Crippen molar-refractivity contribution in [3.63, 3.8) is 0 Å². The molecule has 23 heteroatoms. The Balaban J connectivity index is 0.000000185. The van der Waals surface area contributed by atoms with Crippen LogP contribution in [0.1, 0.15) is 175 Å². The second kappa shape index (κ2) is 26.8. The molecule has 4 amide bonds. The summed E-state index contributed by atoms with van der Waals surface area (Å²) >= 11 is 0. The van der Waals surface area contributed by atoms with Crippen molar-refractivity contribution in [1.82, 2.24) is 48.8 Å². The Morgan fingerprint density at radius 3 is 1.67 bits per heavy atom. The molecule has 0 saturated carbocycles. The SMILES string of the molecule is CC(=O)c1nc2ccc(CC(=O)c3nc(NC(=O)CCCOc4cc5c(cc4C)C(=O)N4CCCC[C@H]4C=N5)cn3C)cc2[nH]1.CC(=O)c1nc2ccc(CC(=O)c3nc(NC(=O)CCCOc4cc5c(cc4C)C(=O)N4CCCC[C@H]4CC5)cn3C)cc2[nH]1. The number of fused-ring (bicyclic) bond motifs is 6. The number of nitrogens with zero attached hydrogens (tertiary/aromatic N) is 9. The van der Waals surface area contributed by atoms with E-state index in [-0.39, 0.29) is 102 Å². The van der Waals surface area contributed by atoms with Crippen LogP contribution in [0.15, 0.2) is 78.0 Å². The lowest BCUT2D eigenvalue weighted by atomic mass is 9.97. The van der Waals surface area contributed by atoms with E-state index in [1.165, 1.54) is 20.3 Å². The monoisotopic (exact) mass is 1220 g/mol. The van der Waals surface area contributed by atoms with Gasteiger partial charge in [-0.3, -0.25) is 43.3 Å². The molecule has 8 aromatic rings. The maximum Gasteiger partial charge on any atom is 0.256 e. The number of piperidine rings is 2. The molecule has 2 saturated heterocycles. The number of carbonyl (C=O) groups is 8. The average Bonchev–Trinajstić information content (AvgIpc) is 1.71. The molecular weight excluding hydrogens is 1150 g/mol. The summed E-state index contributed by atoms with van der Waals surface area (Å²) < 4.78 is 15.2. The van der Waals surface area contributed by atoms with E-state index in [4.69, 9.17) is 9.47 Å². The second-order valence-corrected chi connectivity index (χ2v) is 23.7. The standard InChI is InChI=1S/C34H38N6O5.C33H35N7O5/c1-20-15-25-23(10-11-24-7-4-5-13-40(24)34(25)44)18-29(20)45-14-6-8-31(43)37-30-19-39(3)33(38-30)28(42)17-22-9-12-26-27(16-22)36-32(35-26)21(2)41;1-19-13-23-25(34-17-22-7-4-5-11-40(22)33(23)44)16-28(19)45-12-6-8-30(43)37-29-18-39(3)32(38-29)27(42)15-21-9-10-24-26(14-21)36-31(35-24)20(2)41/h9,12,15-16,18-19,24H,4-8,10-11,13-14,17H2,1-3H3,(H,35,36)(H,37,43);9-10,13-14,16-18,22H,4-8,11-12,15H2,1-3H3,(H,35,36)(H,37,43)/t24-;22-/m00/s1. The molecule has 2 atom stereocenters. The number of carbonyl (C=O) groups excluding carboxylic acids is 8. The van der Waals surface area contributed by atoms with Gasteiger partial charge in [-0.15, -0.1) is 0 Å². The van der Waals surface area contributed by atoms with Crippen molar-refractivity contribution in [3.05, 3.63) is 135 Å². The van der Waals surface area contributed by atoms with E-state index in [0.717, 1.165) is 97.2 Å². The van der Waals surface area contributed by atoms with E-state index in [1.807, 2.05) is 43.2 Å². The number of Topliss-reactive ketones (excluding diaryl/α,β-unsaturated/α-hetero) is 4. The summed E-state index contributed by atoms with van der Waals surface area (Å²) in [5.74, 6) is 1.95. The number of aliphatic imine (C=N–C) groups is 1. The Morgan fingerprint density at radius 2 is 1.11 bits per heavy atom. The highest BCUT2D eigenvalue weighted by Gasteiger charge is 2.33. The normalized spacial score (nSPS) is 16.0.